The first-order chi connectivity index (χ1) is 12.2. The Hall–Kier alpha value is -1.96. The molecule has 0 spiro atoms. The zero-order chi connectivity index (χ0) is 19.3. The van der Waals surface area contributed by atoms with Gasteiger partial charge in [-0.3, -0.25) is 0 Å². The minimum absolute atomic E-state index is 0.115. The predicted octanol–water partition coefficient (Wildman–Crippen LogP) is 2.77. The fraction of sp³-hybridized carbons (Fsp3) is 0.611. The predicted molar refractivity (Wildman–Crippen MR) is 102 cm³/mol. The van der Waals surface area contributed by atoms with Crippen LogP contribution in [0.5, 0.6) is 11.5 Å². The summed E-state index contributed by atoms with van der Waals surface area (Å²) in [6, 6.07) is 4.89. The van der Waals surface area contributed by atoms with E-state index in [1.54, 1.807) is 37.3 Å². The zero-order valence-electron chi connectivity index (χ0n) is 15.8. The molecule has 0 aliphatic carbocycles. The molecular weight excluding hydrogens is 356 g/mol. The third-order valence-electron chi connectivity index (χ3n) is 4.41. The molecule has 0 saturated carbocycles. The molecule has 26 heavy (non-hydrogen) atoms. The number of sulfone groups is 1. The largest absolute Gasteiger partial charge is 0.497 e. The van der Waals surface area contributed by atoms with E-state index in [1.165, 1.54) is 0 Å². The number of nitrogens with zero attached hydrogens (tertiary/aromatic N) is 1. The Labute approximate surface area is 155 Å². The lowest BCUT2D eigenvalue weighted by Crippen LogP contribution is -2.45. The number of piperidine rings is 1. The maximum atomic E-state index is 12.5. The molecule has 1 aliphatic rings. The number of benzene rings is 1. The molecule has 0 aromatic heterocycles. The second-order valence-electron chi connectivity index (χ2n) is 6.94. The highest BCUT2D eigenvalue weighted by Gasteiger charge is 2.31. The van der Waals surface area contributed by atoms with Gasteiger partial charge in [0.05, 0.1) is 25.2 Å². The van der Waals surface area contributed by atoms with Crippen molar-refractivity contribution in [2.24, 2.45) is 5.92 Å². The molecule has 1 aromatic rings. The number of nitrogens with one attached hydrogen (secondary N) is 1. The van der Waals surface area contributed by atoms with E-state index in [9.17, 15) is 13.2 Å². The van der Waals surface area contributed by atoms with Gasteiger partial charge in [0.25, 0.3) is 0 Å². The van der Waals surface area contributed by atoms with Crippen LogP contribution in [0.2, 0.25) is 0 Å². The summed E-state index contributed by atoms with van der Waals surface area (Å²) in [7, 11) is -0.0113. The van der Waals surface area contributed by atoms with Crippen LogP contribution in [0.1, 0.15) is 26.7 Å². The van der Waals surface area contributed by atoms with Crippen LogP contribution in [-0.2, 0) is 9.84 Å². The number of carbonyl (C=O) groups excluding carboxylic acids is 1. The fourth-order valence-corrected chi connectivity index (χ4v) is 5.23. The topological polar surface area (TPSA) is 84.9 Å². The average molecular weight is 384 g/mol. The Balaban J connectivity index is 1.97. The number of likely N-dealkylation sites (tertiary alicyclic amines) is 1. The van der Waals surface area contributed by atoms with Gasteiger partial charge >= 0.3 is 6.03 Å². The van der Waals surface area contributed by atoms with E-state index >= 15 is 0 Å². The summed E-state index contributed by atoms with van der Waals surface area (Å²) < 4.78 is 35.1. The number of urea groups is 1. The van der Waals surface area contributed by atoms with Crippen molar-refractivity contribution in [2.75, 3.05) is 38.4 Å². The van der Waals surface area contributed by atoms with Gasteiger partial charge in [-0.25, -0.2) is 13.2 Å². The Bertz CT molecular complexity index is 703. The number of carbonyl (C=O) groups is 1. The molecule has 1 N–H and O–H groups in total. The number of rotatable bonds is 6. The van der Waals surface area contributed by atoms with Crippen molar-refractivity contribution in [3.63, 3.8) is 0 Å². The first kappa shape index (κ1) is 20.4. The van der Waals surface area contributed by atoms with E-state index < -0.39 is 9.84 Å². The summed E-state index contributed by atoms with van der Waals surface area (Å²) in [4.78, 5) is 14.1. The monoisotopic (exact) mass is 384 g/mol. The molecule has 0 atom stereocenters. The number of hydrogen-bond donors (Lipinski definition) is 1. The third kappa shape index (κ3) is 5.27. The van der Waals surface area contributed by atoms with Crippen LogP contribution in [0.4, 0.5) is 10.5 Å². The molecule has 7 nitrogen and oxygen atoms in total. The van der Waals surface area contributed by atoms with Gasteiger partial charge in [0.1, 0.15) is 11.5 Å². The van der Waals surface area contributed by atoms with E-state index in [0.717, 1.165) is 0 Å². The van der Waals surface area contributed by atoms with Crippen molar-refractivity contribution in [1.82, 2.24) is 4.90 Å². The second kappa shape index (κ2) is 8.62. The molecule has 8 heteroatoms. The van der Waals surface area contributed by atoms with E-state index in [2.05, 4.69) is 5.32 Å². The van der Waals surface area contributed by atoms with E-state index in [1.807, 2.05) is 13.8 Å². The first-order valence-corrected chi connectivity index (χ1v) is 10.5. The summed E-state index contributed by atoms with van der Waals surface area (Å²) in [5.41, 5.74) is 0.570. The lowest BCUT2D eigenvalue weighted by Gasteiger charge is -2.32. The second-order valence-corrected chi connectivity index (χ2v) is 9.27. The van der Waals surface area contributed by atoms with Crippen LogP contribution < -0.4 is 14.8 Å². The minimum atomic E-state index is -3.10. The first-order valence-electron chi connectivity index (χ1n) is 8.75. The van der Waals surface area contributed by atoms with Crippen molar-refractivity contribution in [3.8, 4) is 11.5 Å². The van der Waals surface area contributed by atoms with Crippen LogP contribution in [-0.4, -0.2) is 57.7 Å². The maximum Gasteiger partial charge on any atom is 0.321 e. The van der Waals surface area contributed by atoms with Crippen LogP contribution in [0.15, 0.2) is 18.2 Å². The van der Waals surface area contributed by atoms with Gasteiger partial charge < -0.3 is 19.7 Å². The number of methoxy groups -OCH3 is 2. The Morgan fingerprint density at radius 1 is 1.15 bits per heavy atom. The molecule has 0 unspecified atom stereocenters. The highest BCUT2D eigenvalue weighted by atomic mass is 32.2. The van der Waals surface area contributed by atoms with Crippen molar-refractivity contribution < 1.29 is 22.7 Å². The van der Waals surface area contributed by atoms with E-state index in [4.69, 9.17) is 9.47 Å². The average Bonchev–Trinajstić information content (AvgIpc) is 2.60. The summed E-state index contributed by atoms with van der Waals surface area (Å²) in [6.45, 7) is 4.66. The molecule has 1 aromatic carbocycles. The van der Waals surface area contributed by atoms with Gasteiger partial charge in [0.2, 0.25) is 0 Å². The van der Waals surface area contributed by atoms with Crippen molar-refractivity contribution >= 4 is 21.6 Å². The minimum Gasteiger partial charge on any atom is -0.497 e. The molecule has 2 rings (SSSR count). The van der Waals surface area contributed by atoms with Gasteiger partial charge in [0.15, 0.2) is 9.84 Å². The van der Waals surface area contributed by atoms with Gasteiger partial charge in [-0.05, 0) is 18.8 Å². The number of amides is 2. The standard InChI is InChI=1S/C18H28N2O5S/c1-13(2)12-26(22,23)17-5-7-20(8-6-17)18(21)19-14-9-15(24-3)11-16(10-14)25-4/h9-11,13,17H,5-8,12H2,1-4H3,(H,19,21). The highest BCUT2D eigenvalue weighted by Crippen LogP contribution is 2.26. The lowest BCUT2D eigenvalue weighted by molar-refractivity contribution is 0.200. The van der Waals surface area contributed by atoms with Gasteiger partial charge in [-0.15, -0.1) is 0 Å². The number of hydrogen-bond acceptors (Lipinski definition) is 5. The van der Waals surface area contributed by atoms with Crippen molar-refractivity contribution in [2.45, 2.75) is 31.9 Å². The Morgan fingerprint density at radius 3 is 2.15 bits per heavy atom. The maximum absolute atomic E-state index is 12.5. The van der Waals surface area contributed by atoms with Crippen molar-refractivity contribution in [1.29, 1.82) is 0 Å². The molecular formula is C18H28N2O5S. The normalized spacial score (nSPS) is 15.8. The van der Waals surface area contributed by atoms with Crippen LogP contribution in [0.3, 0.4) is 0 Å². The van der Waals surface area contributed by atoms with E-state index in [0.29, 0.717) is 43.1 Å². The Kier molecular flexibility index (Phi) is 6.75. The van der Waals surface area contributed by atoms with Crippen LogP contribution >= 0.6 is 0 Å². The SMILES string of the molecule is COc1cc(NC(=O)N2CCC(S(=O)(=O)CC(C)C)CC2)cc(OC)c1. The highest BCUT2D eigenvalue weighted by molar-refractivity contribution is 7.92. The Morgan fingerprint density at radius 2 is 1.69 bits per heavy atom. The molecule has 1 fully saturated rings. The molecule has 2 amide bonds. The molecule has 1 heterocycles. The smallest absolute Gasteiger partial charge is 0.321 e. The fourth-order valence-electron chi connectivity index (χ4n) is 3.10. The molecule has 1 saturated heterocycles. The van der Waals surface area contributed by atoms with E-state index in [-0.39, 0.29) is 23.0 Å². The number of ether oxygens (including phenoxy) is 2. The molecule has 146 valence electrons. The molecule has 0 radical (unpaired) electrons. The zero-order valence-corrected chi connectivity index (χ0v) is 16.6. The van der Waals surface area contributed by atoms with Gasteiger partial charge in [0, 0.05) is 37.0 Å². The quantitative estimate of drug-likeness (QED) is 0.815. The third-order valence-corrected chi connectivity index (χ3v) is 7.02. The summed E-state index contributed by atoms with van der Waals surface area (Å²) in [5, 5.41) is 2.47. The molecule has 1 aliphatic heterocycles. The lowest BCUT2D eigenvalue weighted by atomic mass is 10.1. The van der Waals surface area contributed by atoms with Crippen molar-refractivity contribution in [3.05, 3.63) is 18.2 Å². The summed E-state index contributed by atoms with van der Waals surface area (Å²) in [5.74, 6) is 1.48. The number of anilines is 1. The van der Waals surface area contributed by atoms with Gasteiger partial charge in [-0.1, -0.05) is 13.8 Å². The molecule has 0 bridgehead atoms. The summed E-state index contributed by atoms with van der Waals surface area (Å²) >= 11 is 0. The summed E-state index contributed by atoms with van der Waals surface area (Å²) in [6.07, 6.45) is 0.952. The van der Waals surface area contributed by atoms with Gasteiger partial charge in [-0.2, -0.15) is 0 Å². The van der Waals surface area contributed by atoms with Crippen LogP contribution in [0, 0.1) is 5.92 Å². The van der Waals surface area contributed by atoms with Crippen LogP contribution in [0.25, 0.3) is 0 Å².